The van der Waals surface area contributed by atoms with E-state index in [1.54, 1.807) is 13.3 Å². The number of para-hydroxylation sites is 2. The molecule has 0 radical (unpaired) electrons. The molecule has 0 bridgehead atoms. The zero-order valence-corrected chi connectivity index (χ0v) is 23.3. The molecule has 2 atom stereocenters. The van der Waals surface area contributed by atoms with Crippen LogP contribution in [0.5, 0.6) is 5.75 Å². The second kappa shape index (κ2) is 11.2. The number of anilines is 1. The van der Waals surface area contributed by atoms with Crippen LogP contribution in [0, 0.1) is 20.8 Å². The Kier molecular flexibility index (Phi) is 7.60. The van der Waals surface area contributed by atoms with Gasteiger partial charge in [0.05, 0.1) is 30.6 Å². The van der Waals surface area contributed by atoms with Gasteiger partial charge in [0.15, 0.2) is 5.11 Å². The van der Waals surface area contributed by atoms with Gasteiger partial charge in [0.25, 0.3) is 0 Å². The number of nitrogens with zero attached hydrogens (tertiary/aromatic N) is 4. The van der Waals surface area contributed by atoms with E-state index in [0.717, 1.165) is 34.0 Å². The number of nitrogens with one attached hydrogen (secondary N) is 2. The number of ether oxygens (including phenoxy) is 1. The summed E-state index contributed by atoms with van der Waals surface area (Å²) >= 11 is 5.83. The Morgan fingerprint density at radius 2 is 1.85 bits per heavy atom. The molecule has 2 N–H and O–H groups in total. The lowest BCUT2D eigenvalue weighted by molar-refractivity contribution is -0.116. The molecule has 1 fully saturated rings. The number of benzene rings is 1. The van der Waals surface area contributed by atoms with Gasteiger partial charge in [-0.2, -0.15) is 0 Å². The zero-order chi connectivity index (χ0) is 27.5. The first kappa shape index (κ1) is 26.4. The molecule has 5 rings (SSSR count). The highest BCUT2D eigenvalue weighted by molar-refractivity contribution is 7.80. The van der Waals surface area contributed by atoms with Gasteiger partial charge in [0.2, 0.25) is 5.91 Å². The van der Waals surface area contributed by atoms with Crippen LogP contribution in [-0.4, -0.2) is 44.1 Å². The van der Waals surface area contributed by atoms with E-state index in [0.29, 0.717) is 23.1 Å². The number of aryl methyl sites for hydroxylation is 2. The molecule has 0 unspecified atom stereocenters. The van der Waals surface area contributed by atoms with Crippen molar-refractivity contribution in [3.8, 4) is 11.6 Å². The topological polar surface area (TPSA) is 84.3 Å². The first-order chi connectivity index (χ1) is 18.9. The van der Waals surface area contributed by atoms with Crippen molar-refractivity contribution in [3.63, 3.8) is 0 Å². The van der Waals surface area contributed by atoms with Crippen LogP contribution in [-0.2, 0) is 4.79 Å². The lowest BCUT2D eigenvalue weighted by atomic mass is 9.96. The SMILES string of the molecule is COc1ccccc1NC(=O)CCN1C(=S)N[C@H](c2ccccn2)[C@@H]1c1cc(C)n(-c2cc(C)ccn2)c1C. The third-order valence-electron chi connectivity index (χ3n) is 7.08. The second-order valence-electron chi connectivity index (χ2n) is 9.67. The van der Waals surface area contributed by atoms with Crippen LogP contribution < -0.4 is 15.4 Å². The Bertz CT molecular complexity index is 1500. The number of methoxy groups -OCH3 is 1. The normalized spacial score (nSPS) is 16.7. The summed E-state index contributed by atoms with van der Waals surface area (Å²) in [5, 5.41) is 7.05. The maximum atomic E-state index is 13.0. The van der Waals surface area contributed by atoms with Gasteiger partial charge in [-0.15, -0.1) is 0 Å². The van der Waals surface area contributed by atoms with Crippen LogP contribution in [0.15, 0.2) is 73.1 Å². The van der Waals surface area contributed by atoms with Gasteiger partial charge in [-0.25, -0.2) is 4.98 Å². The highest BCUT2D eigenvalue weighted by atomic mass is 32.1. The average molecular weight is 541 g/mol. The predicted molar refractivity (Wildman–Crippen MR) is 156 cm³/mol. The lowest BCUT2D eigenvalue weighted by Crippen LogP contribution is -2.33. The third kappa shape index (κ3) is 5.35. The molecule has 1 aromatic carbocycles. The number of hydrogen-bond donors (Lipinski definition) is 2. The minimum atomic E-state index is -0.171. The summed E-state index contributed by atoms with van der Waals surface area (Å²) in [6.45, 7) is 6.69. The second-order valence-corrected chi connectivity index (χ2v) is 10.1. The molecule has 1 saturated heterocycles. The highest BCUT2D eigenvalue weighted by Crippen LogP contribution is 2.41. The number of rotatable bonds is 8. The number of carbonyl (C=O) groups excluding carboxylic acids is 1. The van der Waals surface area contributed by atoms with Crippen LogP contribution in [0.1, 0.15) is 46.7 Å². The minimum Gasteiger partial charge on any atom is -0.495 e. The van der Waals surface area contributed by atoms with Crippen molar-refractivity contribution in [2.24, 2.45) is 0 Å². The fraction of sp³-hybridized carbons (Fsp3) is 0.267. The van der Waals surface area contributed by atoms with Crippen molar-refractivity contribution < 1.29 is 9.53 Å². The fourth-order valence-corrected chi connectivity index (χ4v) is 5.58. The van der Waals surface area contributed by atoms with E-state index in [9.17, 15) is 4.79 Å². The molecule has 200 valence electrons. The van der Waals surface area contributed by atoms with Crippen LogP contribution in [0.4, 0.5) is 5.69 Å². The number of thiocarbonyl (C=S) groups is 1. The van der Waals surface area contributed by atoms with E-state index in [1.807, 2.05) is 54.7 Å². The molecule has 0 spiro atoms. The van der Waals surface area contributed by atoms with Crippen molar-refractivity contribution in [1.29, 1.82) is 0 Å². The molecule has 8 nitrogen and oxygen atoms in total. The molecule has 39 heavy (non-hydrogen) atoms. The standard InChI is InChI=1S/C30H32N6O2S/c1-19-12-15-32-26(17-19)36-20(2)18-22(21(36)3)29-28(24-10-7-8-14-31-24)34-30(39)35(29)16-13-27(37)33-23-9-5-6-11-25(23)38-4/h5-12,14-15,17-18,28-29H,13,16H2,1-4H3,(H,33,37)(H,34,39)/t28-,29+/m1/s1. The fourth-order valence-electron chi connectivity index (χ4n) is 5.25. The Morgan fingerprint density at radius 3 is 2.59 bits per heavy atom. The maximum absolute atomic E-state index is 13.0. The van der Waals surface area contributed by atoms with E-state index < -0.39 is 0 Å². The number of carbonyl (C=O) groups is 1. The van der Waals surface area contributed by atoms with Crippen LogP contribution in [0.25, 0.3) is 5.82 Å². The molecule has 1 amide bonds. The largest absolute Gasteiger partial charge is 0.495 e. The first-order valence-electron chi connectivity index (χ1n) is 12.9. The van der Waals surface area contributed by atoms with Crippen molar-refractivity contribution in [3.05, 3.63) is 101 Å². The first-order valence-corrected chi connectivity index (χ1v) is 13.3. The van der Waals surface area contributed by atoms with E-state index in [1.165, 1.54) is 0 Å². The number of pyridine rings is 2. The summed E-state index contributed by atoms with van der Waals surface area (Å²) in [6.07, 6.45) is 3.88. The highest BCUT2D eigenvalue weighted by Gasteiger charge is 2.41. The monoisotopic (exact) mass is 540 g/mol. The van der Waals surface area contributed by atoms with Gasteiger partial charge in [0.1, 0.15) is 11.6 Å². The quantitative estimate of drug-likeness (QED) is 0.297. The Morgan fingerprint density at radius 1 is 1.05 bits per heavy atom. The van der Waals surface area contributed by atoms with Gasteiger partial charge in [0, 0.05) is 36.7 Å². The van der Waals surface area contributed by atoms with Gasteiger partial charge in [-0.05, 0) is 86.6 Å². The number of amides is 1. The summed E-state index contributed by atoms with van der Waals surface area (Å²) < 4.78 is 7.55. The summed E-state index contributed by atoms with van der Waals surface area (Å²) in [5.41, 5.74) is 5.95. The molecule has 0 aliphatic carbocycles. The molecule has 4 aromatic rings. The van der Waals surface area contributed by atoms with Crippen LogP contribution >= 0.6 is 12.2 Å². The summed E-state index contributed by atoms with van der Waals surface area (Å²) in [7, 11) is 1.59. The third-order valence-corrected chi connectivity index (χ3v) is 7.43. The maximum Gasteiger partial charge on any atom is 0.226 e. The molecule has 4 heterocycles. The summed E-state index contributed by atoms with van der Waals surface area (Å²) in [5.74, 6) is 1.38. The van der Waals surface area contributed by atoms with Crippen molar-refractivity contribution >= 4 is 28.9 Å². The molecule has 3 aromatic heterocycles. The Balaban J connectivity index is 1.47. The van der Waals surface area contributed by atoms with Crippen molar-refractivity contribution in [1.82, 2.24) is 24.8 Å². The summed E-state index contributed by atoms with van der Waals surface area (Å²) in [4.78, 5) is 24.4. The van der Waals surface area contributed by atoms with Gasteiger partial charge in [-0.1, -0.05) is 18.2 Å². The number of aromatic nitrogens is 3. The molecule has 0 saturated carbocycles. The van der Waals surface area contributed by atoms with Crippen LogP contribution in [0.3, 0.4) is 0 Å². The molecule has 1 aliphatic heterocycles. The van der Waals surface area contributed by atoms with Crippen molar-refractivity contribution in [2.45, 2.75) is 39.3 Å². The van der Waals surface area contributed by atoms with Gasteiger partial charge in [-0.3, -0.25) is 9.78 Å². The van der Waals surface area contributed by atoms with Crippen LogP contribution in [0.2, 0.25) is 0 Å². The van der Waals surface area contributed by atoms with E-state index >= 15 is 0 Å². The molecule has 1 aliphatic rings. The van der Waals surface area contributed by atoms with E-state index in [2.05, 4.69) is 63.0 Å². The summed E-state index contributed by atoms with van der Waals surface area (Å²) in [6, 6.07) is 19.2. The van der Waals surface area contributed by atoms with Gasteiger partial charge >= 0.3 is 0 Å². The van der Waals surface area contributed by atoms with E-state index in [4.69, 9.17) is 17.0 Å². The smallest absolute Gasteiger partial charge is 0.226 e. The zero-order valence-electron chi connectivity index (χ0n) is 22.5. The van der Waals surface area contributed by atoms with E-state index in [-0.39, 0.29) is 24.4 Å². The number of hydrogen-bond acceptors (Lipinski definition) is 5. The van der Waals surface area contributed by atoms with Crippen molar-refractivity contribution in [2.75, 3.05) is 19.0 Å². The predicted octanol–water partition coefficient (Wildman–Crippen LogP) is 5.20. The average Bonchev–Trinajstić information content (AvgIpc) is 3.42. The lowest BCUT2D eigenvalue weighted by Gasteiger charge is -2.28. The molecule has 9 heteroatoms. The minimum absolute atomic E-state index is 0.114. The Labute approximate surface area is 234 Å². The molecular formula is C30H32N6O2S. The Hall–Kier alpha value is -4.24. The molecular weight excluding hydrogens is 508 g/mol. The van der Waals surface area contributed by atoms with Gasteiger partial charge < -0.3 is 24.8 Å².